The predicted octanol–water partition coefficient (Wildman–Crippen LogP) is 5.41. The average molecular weight is 528 g/mol. The lowest BCUT2D eigenvalue weighted by Crippen LogP contribution is -2.31. The Morgan fingerprint density at radius 3 is 2.33 bits per heavy atom. The van der Waals surface area contributed by atoms with E-state index in [0.717, 1.165) is 0 Å². The summed E-state index contributed by atoms with van der Waals surface area (Å²) in [6, 6.07) is 18.8. The first-order valence-electron chi connectivity index (χ1n) is 12.2. The number of rotatable bonds is 8. The molecule has 39 heavy (non-hydrogen) atoms. The van der Waals surface area contributed by atoms with Crippen molar-refractivity contribution in [2.24, 2.45) is 0 Å². The summed E-state index contributed by atoms with van der Waals surface area (Å²) in [7, 11) is 3.02. The lowest BCUT2D eigenvalue weighted by Gasteiger charge is -2.27. The van der Waals surface area contributed by atoms with E-state index in [0.29, 0.717) is 39.3 Å². The summed E-state index contributed by atoms with van der Waals surface area (Å²) >= 11 is 0. The highest BCUT2D eigenvalue weighted by molar-refractivity contribution is 6.20. The number of ether oxygens (including phenoxy) is 3. The van der Waals surface area contributed by atoms with Crippen LogP contribution in [0.3, 0.4) is 0 Å². The van der Waals surface area contributed by atoms with Gasteiger partial charge in [0.15, 0.2) is 22.9 Å². The molecule has 1 aliphatic rings. The Hall–Kier alpha value is -5.05. The van der Waals surface area contributed by atoms with Crippen molar-refractivity contribution >= 4 is 34.3 Å². The van der Waals surface area contributed by atoms with Gasteiger partial charge in [-0.3, -0.25) is 14.5 Å². The molecule has 5 rings (SSSR count). The van der Waals surface area contributed by atoms with Crippen LogP contribution in [0.15, 0.2) is 88.5 Å². The van der Waals surface area contributed by atoms with E-state index in [1.54, 1.807) is 67.6 Å². The maximum Gasteiger partial charge on any atom is 0.338 e. The van der Waals surface area contributed by atoms with E-state index in [1.807, 2.05) is 0 Å². The minimum atomic E-state index is -0.987. The van der Waals surface area contributed by atoms with Gasteiger partial charge in [0.25, 0.3) is 5.91 Å². The van der Waals surface area contributed by atoms with Crippen molar-refractivity contribution in [3.63, 3.8) is 0 Å². The zero-order valence-electron chi connectivity index (χ0n) is 21.5. The van der Waals surface area contributed by atoms with Crippen molar-refractivity contribution in [2.45, 2.75) is 13.0 Å². The Morgan fingerprint density at radius 1 is 0.974 bits per heavy atom. The number of amides is 1. The van der Waals surface area contributed by atoms with Crippen molar-refractivity contribution < 1.29 is 38.1 Å². The molecule has 3 aromatic carbocycles. The first-order valence-corrected chi connectivity index (χ1v) is 12.2. The molecule has 2 heterocycles. The molecule has 1 unspecified atom stereocenters. The lowest BCUT2D eigenvalue weighted by molar-refractivity contribution is -0.117. The Kier molecular flexibility index (Phi) is 6.81. The van der Waals surface area contributed by atoms with Crippen LogP contribution < -0.4 is 14.4 Å². The molecular weight excluding hydrogens is 502 g/mol. The number of anilines is 1. The molecular formula is C30H25NO8. The Labute approximate surface area is 223 Å². The molecule has 9 nitrogen and oxygen atoms in total. The summed E-state index contributed by atoms with van der Waals surface area (Å²) in [6.07, 6.45) is 0. The lowest BCUT2D eigenvalue weighted by atomic mass is 9.94. The number of hydrogen-bond donors (Lipinski definition) is 1. The van der Waals surface area contributed by atoms with Gasteiger partial charge in [-0.15, -0.1) is 0 Å². The number of benzene rings is 3. The number of esters is 1. The second-order valence-electron chi connectivity index (χ2n) is 8.70. The van der Waals surface area contributed by atoms with Gasteiger partial charge in [-0.25, -0.2) is 4.79 Å². The third-order valence-corrected chi connectivity index (χ3v) is 6.49. The summed E-state index contributed by atoms with van der Waals surface area (Å²) in [4.78, 5) is 40.7. The maximum atomic E-state index is 13.9. The molecule has 1 aliphatic heterocycles. The van der Waals surface area contributed by atoms with Crippen LogP contribution in [-0.2, 0) is 9.53 Å². The molecule has 0 saturated carbocycles. The molecule has 1 N–H and O–H groups in total. The van der Waals surface area contributed by atoms with Crippen LogP contribution in [0.4, 0.5) is 5.69 Å². The van der Waals surface area contributed by atoms with Gasteiger partial charge in [0.05, 0.1) is 38.0 Å². The van der Waals surface area contributed by atoms with Crippen LogP contribution in [-0.4, -0.2) is 43.6 Å². The molecule has 0 radical (unpaired) electrons. The average Bonchev–Trinajstić information content (AvgIpc) is 3.52. The summed E-state index contributed by atoms with van der Waals surface area (Å²) in [5.41, 5.74) is 1.46. The van der Waals surface area contributed by atoms with E-state index in [2.05, 4.69) is 0 Å². The molecule has 1 aromatic heterocycles. The second kappa shape index (κ2) is 10.4. The van der Waals surface area contributed by atoms with Gasteiger partial charge >= 0.3 is 5.97 Å². The number of carbonyl (C=O) groups is 3. The Bertz CT molecular complexity index is 1600. The third-order valence-electron chi connectivity index (χ3n) is 6.49. The van der Waals surface area contributed by atoms with Gasteiger partial charge in [-0.1, -0.05) is 24.3 Å². The summed E-state index contributed by atoms with van der Waals surface area (Å²) in [5.74, 6) is -1.63. The standard InChI is InChI=1S/C30H25NO8/c1-4-38-30(35)18-8-12-20(13-9-18)31-25(17-10-14-21(36-2)15-11-17)24(27(33)29(31)34)26(32)23-16-19-6-5-7-22(37-3)28(19)39-23/h5-16,25,33H,4H2,1-3H3. The van der Waals surface area contributed by atoms with Crippen molar-refractivity contribution in [3.8, 4) is 11.5 Å². The number of nitrogens with zero attached hydrogens (tertiary/aromatic N) is 1. The van der Waals surface area contributed by atoms with Crippen molar-refractivity contribution in [1.29, 1.82) is 0 Å². The zero-order valence-corrected chi connectivity index (χ0v) is 21.5. The summed E-state index contributed by atoms with van der Waals surface area (Å²) in [6.45, 7) is 1.93. The highest BCUT2D eigenvalue weighted by atomic mass is 16.5. The number of para-hydroxylation sites is 1. The zero-order chi connectivity index (χ0) is 27.7. The number of hydrogen-bond acceptors (Lipinski definition) is 8. The minimum absolute atomic E-state index is 0.0538. The van der Waals surface area contributed by atoms with E-state index < -0.39 is 29.5 Å². The van der Waals surface area contributed by atoms with Crippen LogP contribution in [0.25, 0.3) is 11.0 Å². The van der Waals surface area contributed by atoms with Gasteiger partial charge < -0.3 is 23.7 Å². The van der Waals surface area contributed by atoms with Crippen LogP contribution in [0, 0.1) is 0 Å². The molecule has 0 fully saturated rings. The highest BCUT2D eigenvalue weighted by Crippen LogP contribution is 2.43. The molecule has 4 aromatic rings. The third kappa shape index (κ3) is 4.48. The van der Waals surface area contributed by atoms with Gasteiger partial charge in [-0.2, -0.15) is 0 Å². The van der Waals surface area contributed by atoms with E-state index in [4.69, 9.17) is 18.6 Å². The van der Waals surface area contributed by atoms with Gasteiger partial charge in [0.1, 0.15) is 5.75 Å². The Balaban J connectivity index is 1.60. The smallest absolute Gasteiger partial charge is 0.338 e. The minimum Gasteiger partial charge on any atom is -0.503 e. The van der Waals surface area contributed by atoms with Crippen molar-refractivity contribution in [2.75, 3.05) is 25.7 Å². The van der Waals surface area contributed by atoms with E-state index in [1.165, 1.54) is 31.3 Å². The largest absolute Gasteiger partial charge is 0.503 e. The summed E-state index contributed by atoms with van der Waals surface area (Å²) < 4.78 is 21.5. The number of fused-ring (bicyclic) bond motifs is 1. The maximum absolute atomic E-state index is 13.9. The van der Waals surface area contributed by atoms with Crippen molar-refractivity contribution in [1.82, 2.24) is 0 Å². The number of furan rings is 1. The molecule has 198 valence electrons. The highest BCUT2D eigenvalue weighted by Gasteiger charge is 2.45. The van der Waals surface area contributed by atoms with Gasteiger partial charge in [0, 0.05) is 11.1 Å². The first kappa shape index (κ1) is 25.6. The SMILES string of the molecule is CCOC(=O)c1ccc(N2C(=O)C(O)=C(C(=O)c3cc4cccc(OC)c4o3)C2c2ccc(OC)cc2)cc1. The summed E-state index contributed by atoms with van der Waals surface area (Å²) in [5, 5.41) is 11.7. The van der Waals surface area contributed by atoms with Crippen LogP contribution in [0.1, 0.15) is 39.4 Å². The monoisotopic (exact) mass is 527 g/mol. The Morgan fingerprint density at radius 2 is 1.69 bits per heavy atom. The molecule has 0 spiro atoms. The fraction of sp³-hybridized carbons (Fsp3) is 0.167. The number of ketones is 1. The van der Waals surface area contributed by atoms with Gasteiger partial charge in [0.2, 0.25) is 5.78 Å². The van der Waals surface area contributed by atoms with Crippen LogP contribution in [0.2, 0.25) is 0 Å². The number of carbonyl (C=O) groups excluding carboxylic acids is 3. The fourth-order valence-electron chi connectivity index (χ4n) is 4.62. The van der Waals surface area contributed by atoms with E-state index >= 15 is 0 Å². The topological polar surface area (TPSA) is 116 Å². The van der Waals surface area contributed by atoms with E-state index in [-0.39, 0.29) is 17.9 Å². The van der Waals surface area contributed by atoms with E-state index in [9.17, 15) is 19.5 Å². The van der Waals surface area contributed by atoms with Gasteiger partial charge in [-0.05, 0) is 61.0 Å². The first-order chi connectivity index (χ1) is 18.9. The van der Waals surface area contributed by atoms with Crippen LogP contribution in [0.5, 0.6) is 11.5 Å². The number of methoxy groups -OCH3 is 2. The molecule has 0 bridgehead atoms. The molecule has 0 aliphatic carbocycles. The predicted molar refractivity (Wildman–Crippen MR) is 142 cm³/mol. The fourth-order valence-corrected chi connectivity index (χ4v) is 4.62. The molecule has 1 atom stereocenters. The number of aliphatic hydroxyl groups is 1. The second-order valence-corrected chi connectivity index (χ2v) is 8.70. The quantitative estimate of drug-likeness (QED) is 0.239. The normalized spacial score (nSPS) is 15.1. The van der Waals surface area contributed by atoms with Crippen LogP contribution >= 0.6 is 0 Å². The molecule has 0 saturated heterocycles. The number of aliphatic hydroxyl groups excluding tert-OH is 1. The molecule has 9 heteroatoms. The van der Waals surface area contributed by atoms with Crippen molar-refractivity contribution in [3.05, 3.63) is 101 Å². The molecule has 1 amide bonds. The number of Topliss-reactive ketones (excluding diaryl/α,β-unsaturated/α-hetero) is 1.